The van der Waals surface area contributed by atoms with Gasteiger partial charge in [-0.2, -0.15) is 16.9 Å². The number of H-pyrrole nitrogens is 1. The molecule has 1 saturated heterocycles. The van der Waals surface area contributed by atoms with Crippen LogP contribution in [0.15, 0.2) is 24.3 Å². The third-order valence-corrected chi connectivity index (χ3v) is 5.14. The van der Waals surface area contributed by atoms with Gasteiger partial charge in [-0.05, 0) is 48.0 Å². The lowest BCUT2D eigenvalue weighted by molar-refractivity contribution is 0.0690. The number of hydrogen-bond acceptors (Lipinski definition) is 3. The molecule has 0 amide bonds. The van der Waals surface area contributed by atoms with Crippen molar-refractivity contribution in [1.82, 2.24) is 10.2 Å². The highest BCUT2D eigenvalue weighted by atomic mass is 35.5. The zero-order valence-electron chi connectivity index (χ0n) is 11.3. The Balaban J connectivity index is 1.87. The zero-order valence-corrected chi connectivity index (χ0v) is 12.9. The molecule has 0 atom stereocenters. The lowest BCUT2D eigenvalue weighted by Crippen LogP contribution is -2.08. The van der Waals surface area contributed by atoms with Gasteiger partial charge in [-0.15, -0.1) is 0 Å². The molecule has 0 unspecified atom stereocenters. The van der Waals surface area contributed by atoms with Crippen LogP contribution in [0.1, 0.15) is 34.8 Å². The van der Waals surface area contributed by atoms with E-state index in [1.165, 1.54) is 23.1 Å². The number of nitrogens with one attached hydrogen (secondary N) is 1. The summed E-state index contributed by atoms with van der Waals surface area (Å²) in [6.07, 6.45) is 2.32. The van der Waals surface area contributed by atoms with Crippen LogP contribution in [-0.4, -0.2) is 32.8 Å². The van der Waals surface area contributed by atoms with Crippen LogP contribution in [-0.2, 0) is 0 Å². The molecule has 6 heteroatoms. The minimum absolute atomic E-state index is 0.0782. The van der Waals surface area contributed by atoms with Crippen molar-refractivity contribution in [2.24, 2.45) is 0 Å². The number of aromatic carboxylic acids is 1. The first-order valence-corrected chi connectivity index (χ1v) is 8.34. The topological polar surface area (TPSA) is 66.0 Å². The molecule has 0 bridgehead atoms. The normalized spacial score (nSPS) is 16.0. The molecule has 0 spiro atoms. The summed E-state index contributed by atoms with van der Waals surface area (Å²) in [5, 5.41) is 16.2. The molecule has 4 nitrogen and oxygen atoms in total. The molecule has 0 radical (unpaired) electrons. The van der Waals surface area contributed by atoms with Crippen LogP contribution in [0, 0.1) is 0 Å². The number of carbonyl (C=O) groups is 1. The summed E-state index contributed by atoms with van der Waals surface area (Å²) in [6, 6.07) is 7.41. The van der Waals surface area contributed by atoms with Crippen molar-refractivity contribution >= 4 is 29.3 Å². The minimum atomic E-state index is -1.02. The first-order valence-electron chi connectivity index (χ1n) is 6.81. The van der Waals surface area contributed by atoms with Gasteiger partial charge in [0.2, 0.25) is 0 Å². The number of aromatic nitrogens is 2. The maximum absolute atomic E-state index is 10.9. The second-order valence-electron chi connectivity index (χ2n) is 5.09. The second-order valence-corrected chi connectivity index (χ2v) is 6.73. The number of benzene rings is 1. The summed E-state index contributed by atoms with van der Waals surface area (Å²) in [5.74, 6) is 1.88. The largest absolute Gasteiger partial charge is 0.477 e. The van der Waals surface area contributed by atoms with E-state index in [4.69, 9.17) is 16.7 Å². The van der Waals surface area contributed by atoms with Gasteiger partial charge in [-0.25, -0.2) is 4.79 Å². The van der Waals surface area contributed by atoms with E-state index in [-0.39, 0.29) is 5.69 Å². The molecule has 2 aromatic rings. The Labute approximate surface area is 131 Å². The molecule has 2 heterocycles. The zero-order chi connectivity index (χ0) is 14.8. The number of halogens is 1. The number of nitrogens with zero attached hydrogens (tertiary/aromatic N) is 1. The number of aromatic amines is 1. The standard InChI is InChI=1S/C15H15ClN2O2S/c16-12-7-10(13-8-14(15(19)20)18-17-13)1-2-11(12)9-3-5-21-6-4-9/h1-2,7-9H,3-6H2,(H,17,18)(H,19,20). The molecule has 21 heavy (non-hydrogen) atoms. The van der Waals surface area contributed by atoms with E-state index < -0.39 is 5.97 Å². The quantitative estimate of drug-likeness (QED) is 0.895. The monoisotopic (exact) mass is 322 g/mol. The summed E-state index contributed by atoms with van der Waals surface area (Å²) < 4.78 is 0. The molecular weight excluding hydrogens is 308 g/mol. The van der Waals surface area contributed by atoms with Crippen molar-refractivity contribution < 1.29 is 9.90 Å². The van der Waals surface area contributed by atoms with E-state index in [9.17, 15) is 4.79 Å². The smallest absolute Gasteiger partial charge is 0.353 e. The maximum atomic E-state index is 10.9. The van der Waals surface area contributed by atoms with Crippen molar-refractivity contribution in [1.29, 1.82) is 0 Å². The van der Waals surface area contributed by atoms with Crippen LogP contribution in [0.25, 0.3) is 11.3 Å². The number of hydrogen-bond donors (Lipinski definition) is 2. The molecule has 1 aromatic heterocycles. The summed E-state index contributed by atoms with van der Waals surface area (Å²) >= 11 is 8.41. The Bertz CT molecular complexity index is 665. The highest BCUT2D eigenvalue weighted by molar-refractivity contribution is 7.99. The maximum Gasteiger partial charge on any atom is 0.353 e. The molecule has 3 rings (SSSR count). The van der Waals surface area contributed by atoms with E-state index in [0.717, 1.165) is 23.4 Å². The van der Waals surface area contributed by atoms with Crippen LogP contribution in [0.2, 0.25) is 5.02 Å². The minimum Gasteiger partial charge on any atom is -0.477 e. The second kappa shape index (κ2) is 6.12. The van der Waals surface area contributed by atoms with Gasteiger partial charge < -0.3 is 5.11 Å². The predicted octanol–water partition coefficient (Wildman–Crippen LogP) is 4.04. The van der Waals surface area contributed by atoms with Gasteiger partial charge in [0.05, 0.1) is 5.69 Å². The van der Waals surface area contributed by atoms with Crippen molar-refractivity contribution in [3.05, 3.63) is 40.5 Å². The average Bonchev–Trinajstić information content (AvgIpc) is 2.98. The Kier molecular flexibility index (Phi) is 4.22. The lowest BCUT2D eigenvalue weighted by Gasteiger charge is -2.22. The van der Waals surface area contributed by atoms with Gasteiger partial charge in [-0.1, -0.05) is 23.7 Å². The first kappa shape index (κ1) is 14.5. The van der Waals surface area contributed by atoms with Gasteiger partial charge in [-0.3, -0.25) is 5.10 Å². The number of carboxylic acids is 1. The molecular formula is C15H15ClN2O2S. The van der Waals surface area contributed by atoms with Crippen LogP contribution >= 0.6 is 23.4 Å². The van der Waals surface area contributed by atoms with Crippen LogP contribution in [0.5, 0.6) is 0 Å². The fourth-order valence-electron chi connectivity index (χ4n) is 2.61. The number of thioether (sulfide) groups is 1. The summed E-state index contributed by atoms with van der Waals surface area (Å²) in [5.41, 5.74) is 2.70. The van der Waals surface area contributed by atoms with Gasteiger partial charge in [0, 0.05) is 10.6 Å². The van der Waals surface area contributed by atoms with Gasteiger partial charge in [0.15, 0.2) is 0 Å². The third kappa shape index (κ3) is 3.09. The highest BCUT2D eigenvalue weighted by Crippen LogP contribution is 2.36. The Morgan fingerprint density at radius 3 is 2.71 bits per heavy atom. The van der Waals surface area contributed by atoms with Gasteiger partial charge >= 0.3 is 5.97 Å². The predicted molar refractivity (Wildman–Crippen MR) is 85.3 cm³/mol. The van der Waals surface area contributed by atoms with Crippen molar-refractivity contribution in [3.63, 3.8) is 0 Å². The van der Waals surface area contributed by atoms with Crippen molar-refractivity contribution in [2.45, 2.75) is 18.8 Å². The molecule has 1 aromatic carbocycles. The van der Waals surface area contributed by atoms with E-state index in [1.54, 1.807) is 0 Å². The lowest BCUT2D eigenvalue weighted by atomic mass is 9.92. The Morgan fingerprint density at radius 2 is 2.10 bits per heavy atom. The molecule has 1 aliphatic heterocycles. The average molecular weight is 323 g/mol. The fraction of sp³-hybridized carbons (Fsp3) is 0.333. The molecule has 0 saturated carbocycles. The molecule has 1 fully saturated rings. The SMILES string of the molecule is O=C(O)c1cc(-c2ccc(C3CCSCC3)c(Cl)c2)n[nH]1. The highest BCUT2D eigenvalue weighted by Gasteiger charge is 2.19. The van der Waals surface area contributed by atoms with E-state index in [1.807, 2.05) is 30.0 Å². The van der Waals surface area contributed by atoms with Crippen LogP contribution < -0.4 is 0 Å². The molecule has 0 aliphatic carbocycles. The van der Waals surface area contributed by atoms with Crippen LogP contribution in [0.4, 0.5) is 0 Å². The Morgan fingerprint density at radius 1 is 1.33 bits per heavy atom. The fourth-order valence-corrected chi connectivity index (χ4v) is 4.05. The molecule has 2 N–H and O–H groups in total. The first-order chi connectivity index (χ1) is 10.1. The summed E-state index contributed by atoms with van der Waals surface area (Å²) in [4.78, 5) is 10.9. The van der Waals surface area contributed by atoms with E-state index in [0.29, 0.717) is 11.6 Å². The van der Waals surface area contributed by atoms with Crippen molar-refractivity contribution in [3.8, 4) is 11.3 Å². The van der Waals surface area contributed by atoms with E-state index in [2.05, 4.69) is 10.2 Å². The third-order valence-electron chi connectivity index (χ3n) is 3.77. The summed E-state index contributed by atoms with van der Waals surface area (Å²) in [6.45, 7) is 0. The molecule has 110 valence electrons. The van der Waals surface area contributed by atoms with E-state index >= 15 is 0 Å². The Hall–Kier alpha value is -1.46. The van der Waals surface area contributed by atoms with Gasteiger partial charge in [0.25, 0.3) is 0 Å². The summed E-state index contributed by atoms with van der Waals surface area (Å²) in [7, 11) is 0. The van der Waals surface area contributed by atoms with Crippen molar-refractivity contribution in [2.75, 3.05) is 11.5 Å². The number of rotatable bonds is 3. The molecule has 1 aliphatic rings. The van der Waals surface area contributed by atoms with Crippen LogP contribution in [0.3, 0.4) is 0 Å². The number of carboxylic acid groups (broad SMARTS) is 1. The van der Waals surface area contributed by atoms with Gasteiger partial charge in [0.1, 0.15) is 5.69 Å².